The molecular weight excluding hydrogens is 292 g/mol. The molecule has 2 unspecified atom stereocenters. The number of nitrogens with one attached hydrogen (secondary N) is 1. The molecule has 1 aliphatic rings. The van der Waals surface area contributed by atoms with Crippen LogP contribution in [-0.4, -0.2) is 0 Å². The Balaban J connectivity index is 2.11. The number of benzene rings is 1. The van der Waals surface area contributed by atoms with Crippen LogP contribution in [0.3, 0.4) is 0 Å². The summed E-state index contributed by atoms with van der Waals surface area (Å²) in [6.07, 6.45) is 6.06. The van der Waals surface area contributed by atoms with Gasteiger partial charge in [0.2, 0.25) is 0 Å². The quantitative estimate of drug-likeness (QED) is 0.700. The Labute approximate surface area is 138 Å². The van der Waals surface area contributed by atoms with Crippen LogP contribution in [0.4, 0.5) is 8.78 Å². The highest BCUT2D eigenvalue weighted by atomic mass is 19.3. The Morgan fingerprint density at radius 2 is 2.04 bits per heavy atom. The summed E-state index contributed by atoms with van der Waals surface area (Å²) in [5, 5.41) is 3.39. The first-order valence-electron chi connectivity index (χ1n) is 8.40. The average molecular weight is 319 g/mol. The van der Waals surface area contributed by atoms with E-state index in [1.807, 2.05) is 19.1 Å². The highest BCUT2D eigenvalue weighted by Crippen LogP contribution is 2.35. The number of hydrogen-bond donors (Lipinski definition) is 1. The van der Waals surface area contributed by atoms with E-state index in [9.17, 15) is 8.78 Å². The van der Waals surface area contributed by atoms with E-state index in [0.717, 1.165) is 24.7 Å². The van der Waals surface area contributed by atoms with Crippen LogP contribution in [0.5, 0.6) is 0 Å². The maximum Gasteiger partial charge on any atom is 0.270 e. The van der Waals surface area contributed by atoms with Crippen molar-refractivity contribution in [2.75, 3.05) is 0 Å². The van der Waals surface area contributed by atoms with E-state index in [-0.39, 0.29) is 5.56 Å². The van der Waals surface area contributed by atoms with Gasteiger partial charge in [-0.1, -0.05) is 56.7 Å². The summed E-state index contributed by atoms with van der Waals surface area (Å²) in [4.78, 5) is 0. The summed E-state index contributed by atoms with van der Waals surface area (Å²) >= 11 is 0. The van der Waals surface area contributed by atoms with Gasteiger partial charge in [0.15, 0.2) is 0 Å². The molecule has 0 aliphatic heterocycles. The summed E-state index contributed by atoms with van der Waals surface area (Å²) in [5.41, 5.74) is 2.71. The smallest absolute Gasteiger partial charge is 0.270 e. The minimum Gasteiger partial charge on any atom is -0.363 e. The molecular formula is C20H27F2N. The molecule has 1 N–H and O–H groups in total. The van der Waals surface area contributed by atoms with E-state index in [0.29, 0.717) is 23.8 Å². The van der Waals surface area contributed by atoms with Gasteiger partial charge >= 0.3 is 0 Å². The van der Waals surface area contributed by atoms with Crippen molar-refractivity contribution in [3.8, 4) is 0 Å². The number of rotatable bonds is 6. The summed E-state index contributed by atoms with van der Waals surface area (Å²) < 4.78 is 27.5. The van der Waals surface area contributed by atoms with Crippen molar-refractivity contribution in [2.45, 2.75) is 52.4 Å². The second-order valence-electron chi connectivity index (χ2n) is 6.70. The number of halogens is 2. The minimum absolute atomic E-state index is 0.0981. The molecule has 0 heterocycles. The van der Waals surface area contributed by atoms with Crippen LogP contribution in [0.15, 0.2) is 48.3 Å². The topological polar surface area (TPSA) is 12.0 Å². The molecule has 1 aromatic rings. The molecule has 1 nitrogen and oxygen atoms in total. The maximum atomic E-state index is 13.8. The average Bonchev–Trinajstić information content (AvgIpc) is 2.92. The van der Waals surface area contributed by atoms with E-state index in [2.05, 4.69) is 18.8 Å². The van der Waals surface area contributed by atoms with Gasteiger partial charge in [-0.25, -0.2) is 8.78 Å². The van der Waals surface area contributed by atoms with Crippen molar-refractivity contribution < 1.29 is 8.78 Å². The maximum absolute atomic E-state index is 13.8. The summed E-state index contributed by atoms with van der Waals surface area (Å²) in [7, 11) is 0. The molecule has 0 amide bonds. The Morgan fingerprint density at radius 3 is 2.61 bits per heavy atom. The van der Waals surface area contributed by atoms with Crippen molar-refractivity contribution in [2.24, 2.45) is 11.8 Å². The fourth-order valence-electron chi connectivity index (χ4n) is 3.49. The lowest BCUT2D eigenvalue weighted by molar-refractivity contribution is 0.0166. The van der Waals surface area contributed by atoms with Gasteiger partial charge in [-0.2, -0.15) is 0 Å². The molecule has 126 valence electrons. The lowest BCUT2D eigenvalue weighted by Gasteiger charge is -2.23. The number of hydrogen-bond acceptors (Lipinski definition) is 1. The molecule has 0 radical (unpaired) electrons. The zero-order chi connectivity index (χ0) is 17.0. The van der Waals surface area contributed by atoms with Crippen LogP contribution in [-0.2, 0) is 12.3 Å². The van der Waals surface area contributed by atoms with Crippen molar-refractivity contribution in [3.05, 3.63) is 59.4 Å². The highest BCUT2D eigenvalue weighted by Gasteiger charge is 2.28. The molecule has 2 rings (SSSR count). The molecule has 1 saturated carbocycles. The van der Waals surface area contributed by atoms with Gasteiger partial charge in [-0.3, -0.25) is 0 Å². The van der Waals surface area contributed by atoms with Gasteiger partial charge in [0, 0.05) is 36.2 Å². The SMILES string of the molecule is C=C(N/C(=C\C)Cc1ccccc1C(C)(F)F)C1CCCC1C. The zero-order valence-corrected chi connectivity index (χ0v) is 14.3. The predicted molar refractivity (Wildman–Crippen MR) is 92.3 cm³/mol. The van der Waals surface area contributed by atoms with Crippen molar-refractivity contribution in [3.63, 3.8) is 0 Å². The first-order valence-corrected chi connectivity index (χ1v) is 8.40. The van der Waals surface area contributed by atoms with Gasteiger partial charge in [-0.05, 0) is 24.8 Å². The van der Waals surface area contributed by atoms with Gasteiger partial charge in [0.1, 0.15) is 0 Å². The second-order valence-corrected chi connectivity index (χ2v) is 6.70. The zero-order valence-electron chi connectivity index (χ0n) is 14.3. The lowest BCUT2D eigenvalue weighted by Crippen LogP contribution is -2.22. The van der Waals surface area contributed by atoms with Crippen molar-refractivity contribution in [1.82, 2.24) is 5.32 Å². The summed E-state index contributed by atoms with van der Waals surface area (Å²) in [6, 6.07) is 6.76. The predicted octanol–water partition coefficient (Wildman–Crippen LogP) is 5.78. The fraction of sp³-hybridized carbons (Fsp3) is 0.500. The molecule has 2 atom stereocenters. The molecule has 3 heteroatoms. The van der Waals surface area contributed by atoms with E-state index >= 15 is 0 Å². The fourth-order valence-corrected chi connectivity index (χ4v) is 3.49. The molecule has 0 spiro atoms. The van der Waals surface area contributed by atoms with Crippen LogP contribution in [0.25, 0.3) is 0 Å². The third-order valence-corrected chi connectivity index (χ3v) is 4.85. The molecule has 1 fully saturated rings. The Bertz CT molecular complexity index is 584. The Hall–Kier alpha value is -1.64. The van der Waals surface area contributed by atoms with Gasteiger partial charge in [0.25, 0.3) is 5.92 Å². The van der Waals surface area contributed by atoms with E-state index < -0.39 is 5.92 Å². The van der Waals surface area contributed by atoms with Crippen LogP contribution in [0.1, 0.15) is 51.2 Å². The van der Waals surface area contributed by atoms with Crippen LogP contribution < -0.4 is 5.32 Å². The molecule has 0 aromatic heterocycles. The Kier molecular flexibility index (Phi) is 5.61. The third-order valence-electron chi connectivity index (χ3n) is 4.85. The summed E-state index contributed by atoms with van der Waals surface area (Å²) in [6.45, 7) is 9.33. The molecule has 0 saturated heterocycles. The Morgan fingerprint density at radius 1 is 1.35 bits per heavy atom. The molecule has 0 bridgehead atoms. The second kappa shape index (κ2) is 7.29. The first kappa shape index (κ1) is 17.7. The third kappa shape index (κ3) is 4.43. The standard InChI is InChI=1S/C20H27F2N/c1-5-17(23-15(3)18-11-8-9-14(18)2)13-16-10-6-7-12-19(16)20(4,21)22/h5-7,10,12,14,18,23H,3,8-9,11,13H2,1-2,4H3/b17-5-. The van der Waals surface area contributed by atoms with Crippen LogP contribution in [0.2, 0.25) is 0 Å². The van der Waals surface area contributed by atoms with Gasteiger partial charge < -0.3 is 5.32 Å². The highest BCUT2D eigenvalue weighted by molar-refractivity contribution is 5.34. The minimum atomic E-state index is -2.83. The summed E-state index contributed by atoms with van der Waals surface area (Å²) in [5.74, 6) is -1.71. The van der Waals surface area contributed by atoms with Gasteiger partial charge in [0.05, 0.1) is 0 Å². The largest absolute Gasteiger partial charge is 0.363 e. The normalized spacial score (nSPS) is 22.2. The first-order chi connectivity index (χ1) is 10.8. The monoisotopic (exact) mass is 319 g/mol. The van der Waals surface area contributed by atoms with Crippen molar-refractivity contribution >= 4 is 0 Å². The molecule has 23 heavy (non-hydrogen) atoms. The lowest BCUT2D eigenvalue weighted by atomic mass is 9.94. The molecule has 1 aromatic carbocycles. The number of alkyl halides is 2. The van der Waals surface area contributed by atoms with Crippen LogP contribution in [0, 0.1) is 11.8 Å². The van der Waals surface area contributed by atoms with E-state index in [4.69, 9.17) is 0 Å². The van der Waals surface area contributed by atoms with E-state index in [1.165, 1.54) is 18.9 Å². The van der Waals surface area contributed by atoms with Gasteiger partial charge in [-0.15, -0.1) is 0 Å². The molecule has 1 aliphatic carbocycles. The van der Waals surface area contributed by atoms with Crippen molar-refractivity contribution in [1.29, 1.82) is 0 Å². The number of allylic oxidation sites excluding steroid dienone is 3. The van der Waals surface area contributed by atoms with Crippen LogP contribution >= 0.6 is 0 Å². The van der Waals surface area contributed by atoms with E-state index in [1.54, 1.807) is 12.1 Å².